The zero-order valence-electron chi connectivity index (χ0n) is 15.1. The Balaban J connectivity index is 1.95. The minimum Gasteiger partial charge on any atom is -0.387 e. The lowest BCUT2D eigenvalue weighted by atomic mass is 10.2. The highest BCUT2D eigenvalue weighted by atomic mass is 35.5. The van der Waals surface area contributed by atoms with Crippen LogP contribution in [-0.4, -0.2) is 51.2 Å². The maximum Gasteiger partial charge on any atom is 0.354 e. The molecular weight excluding hydrogens is 479 g/mol. The largest absolute Gasteiger partial charge is 0.387 e. The number of anilines is 1. The van der Waals surface area contributed by atoms with Crippen LogP contribution in [0.25, 0.3) is 0 Å². The van der Waals surface area contributed by atoms with Gasteiger partial charge in [-0.1, -0.05) is 5.16 Å². The number of esters is 2. The molecule has 12 nitrogen and oxygen atoms in total. The highest BCUT2D eigenvalue weighted by Crippen LogP contribution is 2.17. The van der Waals surface area contributed by atoms with Crippen LogP contribution < -0.4 is 5.32 Å². The summed E-state index contributed by atoms with van der Waals surface area (Å²) in [5, 5.41) is 16.8. The number of oxime groups is 1. The molecule has 31 heavy (non-hydrogen) atoms. The molecule has 0 fully saturated rings. The Labute approximate surface area is 186 Å². The van der Waals surface area contributed by atoms with E-state index in [1.165, 1.54) is 5.38 Å². The molecule has 1 N–H and O–H groups in total. The standard InChI is InChI=1S/C16H10Cl2N4O8S/c17-5-11(23)20-16-19-10(7-31-16)13(14(18)25)21-29-6-12(24)30-15(26)8-1-3-9(4-2-8)22(27)28/h1-4,7H,5-6H2,(H,19,20,23). The average Bonchev–Trinajstić information content (AvgIpc) is 3.18. The Bertz CT molecular complexity index is 1050. The van der Waals surface area contributed by atoms with Gasteiger partial charge in [-0.05, 0) is 23.7 Å². The quantitative estimate of drug-likeness (QED) is 0.105. The number of alkyl halides is 1. The van der Waals surface area contributed by atoms with Crippen LogP contribution in [0.3, 0.4) is 0 Å². The molecule has 0 aliphatic heterocycles. The van der Waals surface area contributed by atoms with Crippen LogP contribution in [0.1, 0.15) is 16.1 Å². The number of aromatic nitrogens is 1. The molecule has 0 aliphatic rings. The van der Waals surface area contributed by atoms with E-state index in [9.17, 15) is 29.3 Å². The summed E-state index contributed by atoms with van der Waals surface area (Å²) >= 11 is 11.7. The first-order valence-electron chi connectivity index (χ1n) is 7.92. The summed E-state index contributed by atoms with van der Waals surface area (Å²) in [4.78, 5) is 64.9. The number of carbonyl (C=O) groups excluding carboxylic acids is 4. The minimum atomic E-state index is -1.15. The van der Waals surface area contributed by atoms with Gasteiger partial charge in [0, 0.05) is 17.5 Å². The highest BCUT2D eigenvalue weighted by Gasteiger charge is 2.19. The van der Waals surface area contributed by atoms with Crippen LogP contribution in [-0.2, 0) is 24.0 Å². The summed E-state index contributed by atoms with van der Waals surface area (Å²) in [7, 11) is 0. The fourth-order valence-electron chi connectivity index (χ4n) is 1.84. The molecule has 0 aliphatic carbocycles. The van der Waals surface area contributed by atoms with Crippen molar-refractivity contribution in [2.45, 2.75) is 0 Å². The van der Waals surface area contributed by atoms with Crippen LogP contribution in [0.2, 0.25) is 0 Å². The highest BCUT2D eigenvalue weighted by molar-refractivity contribution is 7.14. The van der Waals surface area contributed by atoms with Crippen molar-refractivity contribution in [3.63, 3.8) is 0 Å². The number of benzene rings is 1. The van der Waals surface area contributed by atoms with Gasteiger partial charge in [-0.25, -0.2) is 14.6 Å². The van der Waals surface area contributed by atoms with Crippen molar-refractivity contribution in [2.24, 2.45) is 5.16 Å². The number of carbonyl (C=O) groups is 4. The zero-order chi connectivity index (χ0) is 23.0. The summed E-state index contributed by atoms with van der Waals surface area (Å²) in [6.07, 6.45) is 0. The van der Waals surface area contributed by atoms with Gasteiger partial charge in [-0.3, -0.25) is 19.7 Å². The number of hydrogen-bond acceptors (Lipinski definition) is 11. The van der Waals surface area contributed by atoms with E-state index in [-0.39, 0.29) is 28.0 Å². The first-order chi connectivity index (χ1) is 14.7. The van der Waals surface area contributed by atoms with Crippen molar-refractivity contribution in [1.29, 1.82) is 0 Å². The Kier molecular flexibility index (Phi) is 8.54. The van der Waals surface area contributed by atoms with E-state index in [0.717, 1.165) is 35.6 Å². The molecule has 2 aromatic rings. The van der Waals surface area contributed by atoms with E-state index < -0.39 is 40.3 Å². The van der Waals surface area contributed by atoms with E-state index in [1.807, 2.05) is 0 Å². The molecule has 162 valence electrons. The normalized spacial score (nSPS) is 10.8. The number of ether oxygens (including phenoxy) is 1. The molecule has 0 saturated heterocycles. The van der Waals surface area contributed by atoms with Gasteiger partial charge in [0.25, 0.3) is 10.9 Å². The number of hydrogen-bond donors (Lipinski definition) is 1. The second-order valence-corrected chi connectivity index (χ2v) is 6.74. The monoisotopic (exact) mass is 488 g/mol. The summed E-state index contributed by atoms with van der Waals surface area (Å²) in [6.45, 7) is -0.855. The Morgan fingerprint density at radius 1 is 1.23 bits per heavy atom. The third-order valence-electron chi connectivity index (χ3n) is 3.16. The van der Waals surface area contributed by atoms with Crippen molar-refractivity contribution in [2.75, 3.05) is 17.8 Å². The van der Waals surface area contributed by atoms with E-state index in [2.05, 4.69) is 20.2 Å². The second kappa shape index (κ2) is 11.1. The van der Waals surface area contributed by atoms with Gasteiger partial charge >= 0.3 is 11.9 Å². The first-order valence-corrected chi connectivity index (χ1v) is 9.71. The fraction of sp³-hybridized carbons (Fsp3) is 0.125. The fourth-order valence-corrected chi connectivity index (χ4v) is 2.75. The summed E-state index contributed by atoms with van der Waals surface area (Å²) < 4.78 is 4.51. The number of nitrogens with one attached hydrogen (secondary N) is 1. The SMILES string of the molecule is O=C(CCl)Nc1nc(C(=NOCC(=O)OC(=O)c2ccc([N+](=O)[O-])cc2)C(=O)Cl)cs1. The molecule has 0 radical (unpaired) electrons. The van der Waals surface area contributed by atoms with E-state index in [4.69, 9.17) is 28.0 Å². The van der Waals surface area contributed by atoms with Crippen molar-refractivity contribution in [3.05, 3.63) is 51.0 Å². The molecular formula is C16H10Cl2N4O8S. The van der Waals surface area contributed by atoms with E-state index in [0.29, 0.717) is 0 Å². The van der Waals surface area contributed by atoms with Gasteiger partial charge < -0.3 is 14.9 Å². The number of rotatable bonds is 9. The molecule has 1 heterocycles. The average molecular weight is 489 g/mol. The molecule has 2 rings (SSSR count). The number of nitrogens with zero attached hydrogens (tertiary/aromatic N) is 3. The second-order valence-electron chi connectivity index (χ2n) is 5.27. The Hall–Kier alpha value is -3.42. The van der Waals surface area contributed by atoms with Gasteiger partial charge in [0.15, 0.2) is 10.8 Å². The molecule has 1 amide bonds. The van der Waals surface area contributed by atoms with Crippen molar-refractivity contribution < 1.29 is 33.7 Å². The van der Waals surface area contributed by atoms with Gasteiger partial charge in [-0.2, -0.15) is 0 Å². The van der Waals surface area contributed by atoms with Crippen LogP contribution in [0.5, 0.6) is 0 Å². The number of nitro benzene ring substituents is 1. The molecule has 0 atom stereocenters. The third-order valence-corrected chi connectivity index (χ3v) is 4.34. The third kappa shape index (κ3) is 7.09. The number of halogens is 2. The van der Waals surface area contributed by atoms with Gasteiger partial charge in [0.1, 0.15) is 11.6 Å². The Morgan fingerprint density at radius 3 is 2.48 bits per heavy atom. The van der Waals surface area contributed by atoms with Gasteiger partial charge in [0.05, 0.1) is 10.5 Å². The number of thiazole rings is 1. The minimum absolute atomic E-state index is 0.0369. The van der Waals surface area contributed by atoms with Crippen molar-refractivity contribution in [3.8, 4) is 0 Å². The molecule has 0 bridgehead atoms. The number of non-ortho nitro benzene ring substituents is 1. The molecule has 0 spiro atoms. The van der Waals surface area contributed by atoms with Gasteiger partial charge in [-0.15, -0.1) is 22.9 Å². The van der Waals surface area contributed by atoms with Crippen LogP contribution in [0.15, 0.2) is 34.8 Å². The maximum absolute atomic E-state index is 11.8. The van der Waals surface area contributed by atoms with Gasteiger partial charge in [0.2, 0.25) is 12.5 Å². The summed E-state index contributed by atoms with van der Waals surface area (Å²) in [6, 6.07) is 4.36. The summed E-state index contributed by atoms with van der Waals surface area (Å²) in [5.41, 5.74) is -0.844. The van der Waals surface area contributed by atoms with E-state index >= 15 is 0 Å². The van der Waals surface area contributed by atoms with Crippen LogP contribution in [0, 0.1) is 10.1 Å². The molecule has 1 aromatic heterocycles. The maximum atomic E-state index is 11.8. The van der Waals surface area contributed by atoms with Crippen LogP contribution in [0.4, 0.5) is 10.8 Å². The number of amides is 1. The van der Waals surface area contributed by atoms with E-state index in [1.54, 1.807) is 0 Å². The number of nitro groups is 1. The smallest absolute Gasteiger partial charge is 0.354 e. The topological polar surface area (TPSA) is 167 Å². The predicted octanol–water partition coefficient (Wildman–Crippen LogP) is 2.10. The lowest BCUT2D eigenvalue weighted by Crippen LogP contribution is -2.18. The lowest BCUT2D eigenvalue weighted by Gasteiger charge is -2.03. The molecule has 0 saturated carbocycles. The van der Waals surface area contributed by atoms with Crippen molar-refractivity contribution >= 4 is 74.2 Å². The molecule has 1 aromatic carbocycles. The zero-order valence-corrected chi connectivity index (χ0v) is 17.4. The molecule has 15 heteroatoms. The van der Waals surface area contributed by atoms with Crippen molar-refractivity contribution in [1.82, 2.24) is 4.98 Å². The molecule has 0 unspecified atom stereocenters. The van der Waals surface area contributed by atoms with Crippen LogP contribution >= 0.6 is 34.5 Å². The Morgan fingerprint density at radius 2 is 1.90 bits per heavy atom. The summed E-state index contributed by atoms with van der Waals surface area (Å²) in [5.74, 6) is -3.04. The first kappa shape index (κ1) is 23.9. The predicted molar refractivity (Wildman–Crippen MR) is 108 cm³/mol. The lowest BCUT2D eigenvalue weighted by molar-refractivity contribution is -0.384.